The zero-order valence-electron chi connectivity index (χ0n) is 20.5. The second kappa shape index (κ2) is 4.28. The molecule has 2 atom stereocenters. The lowest BCUT2D eigenvalue weighted by Gasteiger charge is -2.13. The van der Waals surface area contributed by atoms with Crippen molar-refractivity contribution in [3.05, 3.63) is 17.7 Å². The molecule has 4 nitrogen and oxygen atoms in total. The van der Waals surface area contributed by atoms with Crippen molar-refractivity contribution in [3.63, 3.8) is 0 Å². The Morgan fingerprint density at radius 3 is 3.62 bits per heavy atom. The van der Waals surface area contributed by atoms with Crippen molar-refractivity contribution in [1.82, 2.24) is 9.55 Å². The van der Waals surface area contributed by atoms with Gasteiger partial charge in [-0.25, -0.2) is 4.98 Å². The second-order valence-corrected chi connectivity index (χ2v) is 3.24. The van der Waals surface area contributed by atoms with E-state index in [1.165, 1.54) is 6.92 Å². The Bertz CT molecular complexity index is 796. The summed E-state index contributed by atoms with van der Waals surface area (Å²) in [7, 11) is 0. The minimum absolute atomic E-state index is 0.263. The van der Waals surface area contributed by atoms with Crippen molar-refractivity contribution < 1.29 is 26.0 Å². The van der Waals surface area contributed by atoms with Gasteiger partial charge in [-0.05, 0) is 19.7 Å². The number of nitrogens with zero attached hydrogens (tertiary/aromatic N) is 2. The number of esters is 1. The van der Waals surface area contributed by atoms with Crippen LogP contribution in [-0.4, -0.2) is 22.1 Å². The third-order valence-corrected chi connectivity index (χ3v) is 2.22. The normalized spacial score (nSPS) is 46.1. The molecule has 1 aliphatic rings. The van der Waals surface area contributed by atoms with Gasteiger partial charge < -0.3 is 9.30 Å². The molecule has 2 heterocycles. The molecule has 0 N–H and O–H groups in total. The molecule has 4 heteroatoms. The van der Waals surface area contributed by atoms with Gasteiger partial charge in [0.15, 0.2) is 0 Å². The zero-order chi connectivity index (χ0) is 22.1. The average molecular weight is 234 g/mol. The number of aryl methyl sites for hydroxylation is 1. The molecule has 0 amide bonds. The fourth-order valence-corrected chi connectivity index (χ4v) is 1.29. The summed E-state index contributed by atoms with van der Waals surface area (Å²) in [6, 6.07) is 0. The maximum absolute atomic E-state index is 12.2. The van der Waals surface area contributed by atoms with E-state index in [-0.39, 0.29) is 5.82 Å². The summed E-state index contributed by atoms with van der Waals surface area (Å²) in [6.07, 6.45) is -5.21. The molecule has 0 radical (unpaired) electrons. The van der Waals surface area contributed by atoms with Gasteiger partial charge in [-0.15, -0.1) is 0 Å². The summed E-state index contributed by atoms with van der Waals surface area (Å²) >= 11 is 0. The topological polar surface area (TPSA) is 44.1 Å². The monoisotopic (exact) mass is 234 g/mol. The van der Waals surface area contributed by atoms with Crippen molar-refractivity contribution in [3.8, 4) is 0 Å². The summed E-state index contributed by atoms with van der Waals surface area (Å²) in [5.74, 6) is -7.10. The predicted octanol–water partition coefficient (Wildman–Crippen LogP) is 1.47. The minimum Gasteiger partial charge on any atom is -0.465 e. The number of carbonyl (C=O) groups excluding carboxylic acids is 1. The van der Waals surface area contributed by atoms with Gasteiger partial charge in [0.1, 0.15) is 5.82 Å². The highest BCUT2D eigenvalue weighted by atomic mass is 16.5. The largest absolute Gasteiger partial charge is 0.465 e. The molecular weight excluding hydrogens is 204 g/mol. The lowest BCUT2D eigenvalue weighted by Crippen LogP contribution is -2.18. The number of hydrogen-bond acceptors (Lipinski definition) is 3. The molecular formula is C12H18N2O2. The van der Waals surface area contributed by atoms with Crippen LogP contribution in [0.1, 0.15) is 41.2 Å². The molecule has 1 aromatic rings. The molecule has 1 saturated heterocycles. The minimum atomic E-state index is -3.16. The van der Waals surface area contributed by atoms with Gasteiger partial charge in [0.2, 0.25) is 0 Å². The van der Waals surface area contributed by atoms with Crippen molar-refractivity contribution in [2.45, 2.75) is 26.6 Å². The maximum atomic E-state index is 12.2. The van der Waals surface area contributed by atoms with E-state index in [0.717, 1.165) is 0 Å². The second-order valence-electron chi connectivity index (χ2n) is 3.24. The van der Waals surface area contributed by atoms with Gasteiger partial charge in [0.05, 0.1) is 16.6 Å². The Hall–Kier alpha value is -1.32. The van der Waals surface area contributed by atoms with Crippen LogP contribution in [0.15, 0.2) is 6.17 Å². The molecule has 0 aliphatic carbocycles. The SMILES string of the molecule is [2H]c1nc(C)n(C([2H])([2H])[2H])c1C([2H])([2H])[C@H]1C([2H])([2H])OC(=O)[C@@]1([2H])CC([2H])([2H])[2H]. The van der Waals surface area contributed by atoms with Crippen molar-refractivity contribution in [1.29, 1.82) is 0 Å². The number of cyclic esters (lactones) is 1. The molecule has 1 aliphatic heterocycles. The van der Waals surface area contributed by atoms with Crippen LogP contribution in [-0.2, 0) is 22.9 Å². The van der Waals surface area contributed by atoms with Crippen LogP contribution in [0.5, 0.6) is 0 Å². The van der Waals surface area contributed by atoms with E-state index in [9.17, 15) is 4.79 Å². The van der Waals surface area contributed by atoms with E-state index >= 15 is 0 Å². The lowest BCUT2D eigenvalue weighted by molar-refractivity contribution is -0.141. The summed E-state index contributed by atoms with van der Waals surface area (Å²) in [5.41, 5.74) is -0.889. The van der Waals surface area contributed by atoms with Crippen LogP contribution in [0.25, 0.3) is 0 Å². The third-order valence-electron chi connectivity index (χ3n) is 2.22. The quantitative estimate of drug-likeness (QED) is 0.744. The molecule has 0 aromatic carbocycles. The molecule has 0 unspecified atom stereocenters. The van der Waals surface area contributed by atoms with Gasteiger partial charge in [-0.2, -0.15) is 0 Å². The lowest BCUT2D eigenvalue weighted by atomic mass is 9.89. The Morgan fingerprint density at radius 2 is 2.88 bits per heavy atom. The smallest absolute Gasteiger partial charge is 0.309 e. The van der Waals surface area contributed by atoms with Crippen LogP contribution in [0.2, 0.25) is 0 Å². The number of hydrogen-bond donors (Lipinski definition) is 0. The summed E-state index contributed by atoms with van der Waals surface area (Å²) in [6.45, 7) is -7.83. The van der Waals surface area contributed by atoms with Crippen LogP contribution in [0.3, 0.4) is 0 Å². The van der Waals surface area contributed by atoms with E-state index in [4.69, 9.17) is 16.4 Å². The van der Waals surface area contributed by atoms with Gasteiger partial charge in [0.25, 0.3) is 0 Å². The first kappa shape index (κ1) is 3.59. The van der Waals surface area contributed by atoms with E-state index < -0.39 is 62.8 Å². The number of rotatable bonds is 3. The van der Waals surface area contributed by atoms with Crippen LogP contribution < -0.4 is 0 Å². The molecule has 1 aromatic heterocycles. The van der Waals surface area contributed by atoms with E-state index in [1.807, 2.05) is 0 Å². The highest BCUT2D eigenvalue weighted by molar-refractivity contribution is 5.74. The standard InChI is InChI=1S/C12H18N2O2/c1-4-11-9(7-16-12(11)15)5-10-6-13-8(2)14(10)3/h6,9,11H,4-5,7H2,1-3H3/t9-,11-/m0/s1/i1D3,3D3,5D2,6D,7D2,11D. The molecule has 0 bridgehead atoms. The van der Waals surface area contributed by atoms with Gasteiger partial charge in [-0.3, -0.25) is 4.79 Å². The van der Waals surface area contributed by atoms with Crippen LogP contribution in [0.4, 0.5) is 0 Å². The van der Waals surface area contributed by atoms with Crippen molar-refractivity contribution >= 4 is 5.97 Å². The Balaban J connectivity index is 2.77. The van der Waals surface area contributed by atoms with E-state index in [2.05, 4.69) is 9.72 Å². The third kappa shape index (κ3) is 1.84. The Kier molecular flexibility index (Phi) is 0.958. The molecule has 16 heavy (non-hydrogen) atoms. The zero-order valence-corrected chi connectivity index (χ0v) is 8.50. The van der Waals surface area contributed by atoms with Gasteiger partial charge >= 0.3 is 5.97 Å². The summed E-state index contributed by atoms with van der Waals surface area (Å²) in [5, 5.41) is 0. The first-order valence-corrected chi connectivity index (χ1v) is 4.55. The van der Waals surface area contributed by atoms with Crippen molar-refractivity contribution in [2.24, 2.45) is 18.8 Å². The number of imidazole rings is 1. The number of aromatic nitrogens is 2. The molecule has 1 fully saturated rings. The summed E-state index contributed by atoms with van der Waals surface area (Å²) < 4.78 is 98.5. The Morgan fingerprint density at radius 1 is 2.00 bits per heavy atom. The van der Waals surface area contributed by atoms with Crippen LogP contribution >= 0.6 is 0 Å². The average Bonchev–Trinajstić information content (AvgIpc) is 2.78. The molecule has 2 rings (SSSR count). The Labute approximate surface area is 112 Å². The molecule has 88 valence electrons. The summed E-state index contributed by atoms with van der Waals surface area (Å²) in [4.78, 5) is 15.8. The predicted molar refractivity (Wildman–Crippen MR) is 59.9 cm³/mol. The van der Waals surface area contributed by atoms with E-state index in [0.29, 0.717) is 4.57 Å². The fraction of sp³-hybridized carbons (Fsp3) is 0.667. The van der Waals surface area contributed by atoms with E-state index in [1.54, 1.807) is 0 Å². The maximum Gasteiger partial charge on any atom is 0.309 e. The van der Waals surface area contributed by atoms with Crippen LogP contribution in [0, 0.1) is 18.7 Å². The highest BCUT2D eigenvalue weighted by Crippen LogP contribution is 2.28. The van der Waals surface area contributed by atoms with Gasteiger partial charge in [0, 0.05) is 37.1 Å². The number of carbonyl (C=O) groups is 1. The van der Waals surface area contributed by atoms with Gasteiger partial charge in [-0.1, -0.05) is 6.85 Å². The first-order chi connectivity index (χ1) is 12.2. The highest BCUT2D eigenvalue weighted by Gasteiger charge is 2.35. The fourth-order valence-electron chi connectivity index (χ4n) is 1.29. The molecule has 0 saturated carbocycles. The van der Waals surface area contributed by atoms with Crippen molar-refractivity contribution in [2.75, 3.05) is 6.56 Å². The first-order valence-electron chi connectivity index (χ1n) is 10.6. The number of ether oxygens (including phenoxy) is 1. The molecule has 0 spiro atoms.